The average Bonchev–Trinajstić information content (AvgIpc) is 2.39. The van der Waals surface area contributed by atoms with Crippen LogP contribution in [0.25, 0.3) is 0 Å². The molecule has 0 aromatic heterocycles. The molecule has 20 heavy (non-hydrogen) atoms. The number of nitrogens with one attached hydrogen (secondary N) is 1. The second kappa shape index (κ2) is 5.54. The summed E-state index contributed by atoms with van der Waals surface area (Å²) in [6.07, 6.45) is 1.52. The smallest absolute Gasteiger partial charge is 0.270 e. The summed E-state index contributed by atoms with van der Waals surface area (Å²) in [6.45, 7) is 2.78. The number of carbonyl (C=O) groups is 1. The van der Waals surface area contributed by atoms with Crippen LogP contribution in [0.3, 0.4) is 0 Å². The van der Waals surface area contributed by atoms with Gasteiger partial charge in [0.2, 0.25) is 0 Å². The number of benzene rings is 1. The Labute approximate surface area is 115 Å². The Morgan fingerprint density at radius 3 is 2.90 bits per heavy atom. The number of non-ortho nitro benzene ring substituents is 1. The lowest BCUT2D eigenvalue weighted by atomic mass is 9.94. The monoisotopic (exact) mass is 282 g/mol. The topological polar surface area (TPSA) is 81.5 Å². The number of ether oxygens (including phenoxy) is 1. The van der Waals surface area contributed by atoms with Gasteiger partial charge < -0.3 is 10.1 Å². The van der Waals surface area contributed by atoms with Gasteiger partial charge in [-0.2, -0.15) is 0 Å². The van der Waals surface area contributed by atoms with Crippen molar-refractivity contribution in [3.05, 3.63) is 39.7 Å². The molecule has 1 aromatic rings. The van der Waals surface area contributed by atoms with Crippen LogP contribution in [0, 0.1) is 15.9 Å². The Bertz CT molecular complexity index is 541. The maximum atomic E-state index is 13.6. The van der Waals surface area contributed by atoms with Gasteiger partial charge in [-0.1, -0.05) is 0 Å². The van der Waals surface area contributed by atoms with Crippen LogP contribution in [-0.2, 0) is 4.74 Å². The van der Waals surface area contributed by atoms with Gasteiger partial charge >= 0.3 is 0 Å². The van der Waals surface area contributed by atoms with Crippen molar-refractivity contribution in [1.29, 1.82) is 0 Å². The van der Waals surface area contributed by atoms with Gasteiger partial charge in [0.05, 0.1) is 22.6 Å². The summed E-state index contributed by atoms with van der Waals surface area (Å²) < 4.78 is 18.9. The Balaban J connectivity index is 2.20. The standard InChI is InChI=1S/C13H15FN2O4/c1-13(5-2-6-20-8-13)15-12(17)10-7-9(16(18)19)3-4-11(10)14/h3-4,7H,2,5-6,8H2,1H3,(H,15,17). The van der Waals surface area contributed by atoms with Crippen molar-refractivity contribution in [2.45, 2.75) is 25.3 Å². The molecule has 1 aromatic carbocycles. The summed E-state index contributed by atoms with van der Waals surface area (Å²) in [7, 11) is 0. The second-order valence-electron chi connectivity index (χ2n) is 5.09. The van der Waals surface area contributed by atoms with Crippen molar-refractivity contribution in [2.75, 3.05) is 13.2 Å². The summed E-state index contributed by atoms with van der Waals surface area (Å²) in [6, 6.07) is 2.89. The molecule has 1 fully saturated rings. The van der Waals surface area contributed by atoms with Crippen molar-refractivity contribution >= 4 is 11.6 Å². The Kier molecular flexibility index (Phi) is 3.99. The minimum Gasteiger partial charge on any atom is -0.379 e. The number of hydrogen-bond donors (Lipinski definition) is 1. The van der Waals surface area contributed by atoms with Gasteiger partial charge in [-0.05, 0) is 25.8 Å². The number of carbonyl (C=O) groups excluding carboxylic acids is 1. The van der Waals surface area contributed by atoms with Crippen molar-refractivity contribution < 1.29 is 18.8 Å². The Hall–Kier alpha value is -2.02. The normalized spacial score (nSPS) is 22.3. The first-order valence-corrected chi connectivity index (χ1v) is 6.25. The fourth-order valence-electron chi connectivity index (χ4n) is 2.17. The highest BCUT2D eigenvalue weighted by Crippen LogP contribution is 2.21. The molecule has 0 radical (unpaired) electrons. The van der Waals surface area contributed by atoms with E-state index in [0.717, 1.165) is 31.0 Å². The van der Waals surface area contributed by atoms with E-state index in [1.54, 1.807) is 6.92 Å². The fraction of sp³-hybridized carbons (Fsp3) is 0.462. The first kappa shape index (κ1) is 14.4. The first-order chi connectivity index (χ1) is 9.41. The zero-order chi connectivity index (χ0) is 14.8. The third-order valence-electron chi connectivity index (χ3n) is 3.26. The number of amides is 1. The van der Waals surface area contributed by atoms with Crippen molar-refractivity contribution in [2.24, 2.45) is 0 Å². The van der Waals surface area contributed by atoms with Gasteiger partial charge in [-0.3, -0.25) is 14.9 Å². The molecule has 7 heteroatoms. The van der Waals surface area contributed by atoms with Crippen LogP contribution in [0.2, 0.25) is 0 Å². The van der Waals surface area contributed by atoms with Gasteiger partial charge in [-0.15, -0.1) is 0 Å². The number of nitro groups is 1. The van der Waals surface area contributed by atoms with Crippen LogP contribution in [0.15, 0.2) is 18.2 Å². The molecule has 1 heterocycles. The van der Waals surface area contributed by atoms with Gasteiger partial charge in [-0.25, -0.2) is 4.39 Å². The molecule has 1 atom stereocenters. The summed E-state index contributed by atoms with van der Waals surface area (Å²) in [5.74, 6) is -1.45. The second-order valence-corrected chi connectivity index (χ2v) is 5.09. The molecule has 108 valence electrons. The predicted octanol–water partition coefficient (Wildman–Crippen LogP) is 2.03. The molecular weight excluding hydrogens is 267 g/mol. The lowest BCUT2D eigenvalue weighted by molar-refractivity contribution is -0.384. The molecule has 0 spiro atoms. The predicted molar refractivity (Wildman–Crippen MR) is 69.0 cm³/mol. The van der Waals surface area contributed by atoms with E-state index < -0.39 is 22.2 Å². The van der Waals surface area contributed by atoms with E-state index in [9.17, 15) is 19.3 Å². The summed E-state index contributed by atoms with van der Waals surface area (Å²) in [5.41, 5.74) is -1.22. The van der Waals surface area contributed by atoms with E-state index in [1.165, 1.54) is 0 Å². The molecule has 1 aliphatic heterocycles. The maximum Gasteiger partial charge on any atom is 0.270 e. The lowest BCUT2D eigenvalue weighted by Gasteiger charge is -2.34. The van der Waals surface area contributed by atoms with Crippen LogP contribution in [0.1, 0.15) is 30.1 Å². The van der Waals surface area contributed by atoms with Gasteiger partial charge in [0.1, 0.15) is 5.82 Å². The molecule has 0 aliphatic carbocycles. The largest absolute Gasteiger partial charge is 0.379 e. The third kappa shape index (κ3) is 3.11. The highest BCUT2D eigenvalue weighted by atomic mass is 19.1. The molecule has 0 bridgehead atoms. The fourth-order valence-corrected chi connectivity index (χ4v) is 2.17. The SMILES string of the molecule is CC1(NC(=O)c2cc([N+](=O)[O-])ccc2F)CCCOC1. The van der Waals surface area contributed by atoms with E-state index in [-0.39, 0.29) is 11.3 Å². The number of nitro benzene ring substituents is 1. The maximum absolute atomic E-state index is 13.6. The zero-order valence-electron chi connectivity index (χ0n) is 11.0. The van der Waals surface area contributed by atoms with Crippen LogP contribution >= 0.6 is 0 Å². The van der Waals surface area contributed by atoms with E-state index in [1.807, 2.05) is 0 Å². The van der Waals surface area contributed by atoms with Gasteiger partial charge in [0, 0.05) is 18.7 Å². The minimum absolute atomic E-state index is 0.318. The van der Waals surface area contributed by atoms with E-state index >= 15 is 0 Å². The van der Waals surface area contributed by atoms with E-state index in [4.69, 9.17) is 4.74 Å². The minimum atomic E-state index is -0.784. The summed E-state index contributed by atoms with van der Waals surface area (Å²) in [5, 5.41) is 13.4. The number of nitrogens with zero attached hydrogens (tertiary/aromatic N) is 1. The van der Waals surface area contributed by atoms with E-state index in [0.29, 0.717) is 13.2 Å². The number of halogens is 1. The average molecular weight is 282 g/mol. The molecule has 1 aliphatic rings. The lowest BCUT2D eigenvalue weighted by Crippen LogP contribution is -2.51. The quantitative estimate of drug-likeness (QED) is 0.679. The van der Waals surface area contributed by atoms with Crippen LogP contribution in [0.4, 0.5) is 10.1 Å². The number of hydrogen-bond acceptors (Lipinski definition) is 4. The van der Waals surface area contributed by atoms with E-state index in [2.05, 4.69) is 5.32 Å². The van der Waals surface area contributed by atoms with Crippen molar-refractivity contribution in [3.63, 3.8) is 0 Å². The highest BCUT2D eigenvalue weighted by molar-refractivity contribution is 5.95. The zero-order valence-corrected chi connectivity index (χ0v) is 11.0. The molecule has 0 saturated carbocycles. The Morgan fingerprint density at radius 1 is 1.55 bits per heavy atom. The molecule has 1 unspecified atom stereocenters. The molecule has 1 amide bonds. The third-order valence-corrected chi connectivity index (χ3v) is 3.26. The van der Waals surface area contributed by atoms with Crippen LogP contribution in [-0.4, -0.2) is 29.6 Å². The molecular formula is C13H15FN2O4. The summed E-state index contributed by atoms with van der Waals surface area (Å²) in [4.78, 5) is 22.1. The summed E-state index contributed by atoms with van der Waals surface area (Å²) >= 11 is 0. The van der Waals surface area contributed by atoms with Crippen molar-refractivity contribution in [1.82, 2.24) is 5.32 Å². The molecule has 1 N–H and O–H groups in total. The molecule has 6 nitrogen and oxygen atoms in total. The molecule has 1 saturated heterocycles. The van der Waals surface area contributed by atoms with Crippen LogP contribution in [0.5, 0.6) is 0 Å². The Morgan fingerprint density at radius 2 is 2.30 bits per heavy atom. The van der Waals surface area contributed by atoms with Crippen LogP contribution < -0.4 is 5.32 Å². The number of rotatable bonds is 3. The van der Waals surface area contributed by atoms with Gasteiger partial charge in [0.25, 0.3) is 11.6 Å². The first-order valence-electron chi connectivity index (χ1n) is 6.25. The highest BCUT2D eigenvalue weighted by Gasteiger charge is 2.30. The van der Waals surface area contributed by atoms with Crippen molar-refractivity contribution in [3.8, 4) is 0 Å². The van der Waals surface area contributed by atoms with Gasteiger partial charge in [0.15, 0.2) is 0 Å². The molecule has 2 rings (SSSR count).